The van der Waals surface area contributed by atoms with E-state index in [1.807, 2.05) is 36.4 Å². The zero-order valence-corrected chi connectivity index (χ0v) is 19.6. The number of fused-ring (bicyclic) bond motifs is 1. The smallest absolute Gasteiger partial charge is 0.274 e. The predicted molar refractivity (Wildman–Crippen MR) is 129 cm³/mol. The zero-order valence-electron chi connectivity index (χ0n) is 17.3. The van der Waals surface area contributed by atoms with Crippen molar-refractivity contribution in [2.75, 3.05) is 5.73 Å². The minimum Gasteiger partial charge on any atom is -0.382 e. The number of amides is 1. The molecule has 0 fully saturated rings. The molecule has 2 aromatic heterocycles. The van der Waals surface area contributed by atoms with Crippen molar-refractivity contribution >= 4 is 50.0 Å². The fourth-order valence-corrected chi connectivity index (χ4v) is 4.71. The van der Waals surface area contributed by atoms with Crippen molar-refractivity contribution in [3.63, 3.8) is 0 Å². The van der Waals surface area contributed by atoms with Gasteiger partial charge in [-0.2, -0.15) is 0 Å². The fraction of sp³-hybridized carbons (Fsp3) is 0.130. The second-order valence-electron chi connectivity index (χ2n) is 7.28. The first-order valence-corrected chi connectivity index (χ1v) is 10.9. The maximum absolute atomic E-state index is 13.6. The second kappa shape index (κ2) is 8.72. The minimum atomic E-state index is -0.587. The summed E-state index contributed by atoms with van der Waals surface area (Å²) in [6, 6.07) is 13.8. The minimum absolute atomic E-state index is 0.0241. The molecule has 0 radical (unpaired) electrons. The van der Waals surface area contributed by atoms with Crippen molar-refractivity contribution < 1.29 is 4.79 Å². The molecular formula is C23H19BrClN5O2. The molecule has 2 aromatic carbocycles. The molecule has 0 unspecified atom stereocenters. The summed E-state index contributed by atoms with van der Waals surface area (Å²) in [4.78, 5) is 34.7. The Hall–Kier alpha value is -3.23. The number of benzene rings is 2. The lowest BCUT2D eigenvalue weighted by Gasteiger charge is -2.23. The van der Waals surface area contributed by atoms with Gasteiger partial charge in [0.2, 0.25) is 0 Å². The van der Waals surface area contributed by atoms with Gasteiger partial charge in [-0.05, 0) is 48.0 Å². The molecule has 0 saturated heterocycles. The lowest BCUT2D eigenvalue weighted by molar-refractivity contribution is 0.0934. The molecule has 1 amide bonds. The van der Waals surface area contributed by atoms with Crippen molar-refractivity contribution in [3.05, 3.63) is 91.7 Å². The van der Waals surface area contributed by atoms with Crippen LogP contribution in [0.3, 0.4) is 0 Å². The first-order valence-electron chi connectivity index (χ1n) is 9.77. The van der Waals surface area contributed by atoms with Gasteiger partial charge >= 0.3 is 0 Å². The van der Waals surface area contributed by atoms with Crippen molar-refractivity contribution in [2.24, 2.45) is 0 Å². The number of para-hydroxylation sites is 1. The molecular weight excluding hydrogens is 494 g/mol. The molecule has 9 heteroatoms. The van der Waals surface area contributed by atoms with Crippen LogP contribution in [0.4, 0.5) is 5.82 Å². The van der Waals surface area contributed by atoms with Crippen LogP contribution < -0.4 is 16.6 Å². The molecule has 0 saturated carbocycles. The fourth-order valence-electron chi connectivity index (χ4n) is 3.60. The number of rotatable bonds is 4. The van der Waals surface area contributed by atoms with Crippen LogP contribution in [0, 0.1) is 6.92 Å². The van der Waals surface area contributed by atoms with E-state index in [9.17, 15) is 9.59 Å². The third kappa shape index (κ3) is 3.87. The van der Waals surface area contributed by atoms with E-state index in [-0.39, 0.29) is 17.1 Å². The molecule has 4 rings (SSSR count). The Morgan fingerprint density at radius 1 is 1.19 bits per heavy atom. The summed E-state index contributed by atoms with van der Waals surface area (Å²) in [6.45, 7) is 3.52. The van der Waals surface area contributed by atoms with Gasteiger partial charge in [-0.3, -0.25) is 14.2 Å². The average Bonchev–Trinajstić information content (AvgIpc) is 2.76. The number of nitrogen functional groups attached to an aromatic ring is 1. The molecule has 162 valence electrons. The highest BCUT2D eigenvalue weighted by Crippen LogP contribution is 2.34. The van der Waals surface area contributed by atoms with Crippen molar-refractivity contribution in [2.45, 2.75) is 19.9 Å². The van der Waals surface area contributed by atoms with E-state index >= 15 is 0 Å². The maximum atomic E-state index is 13.6. The summed E-state index contributed by atoms with van der Waals surface area (Å²) in [5.74, 6) is -0.452. The molecule has 32 heavy (non-hydrogen) atoms. The van der Waals surface area contributed by atoms with Crippen LogP contribution in [0.25, 0.3) is 16.5 Å². The molecule has 0 aliphatic heterocycles. The van der Waals surface area contributed by atoms with Gasteiger partial charge in [-0.1, -0.05) is 41.9 Å². The average molecular weight is 513 g/mol. The Morgan fingerprint density at radius 2 is 1.91 bits per heavy atom. The SMILES string of the molecule is Cc1cnc(C(=O)N[C@@H](C)c2c(Br)c3cccc(Cl)c3c(=O)n2-c2ccccc2)c(N)n1. The lowest BCUT2D eigenvalue weighted by Crippen LogP contribution is -2.33. The third-order valence-corrected chi connectivity index (χ3v) is 6.19. The first kappa shape index (κ1) is 22.0. The molecule has 0 aliphatic carbocycles. The number of hydrogen-bond donors (Lipinski definition) is 2. The summed E-state index contributed by atoms with van der Waals surface area (Å²) < 4.78 is 2.20. The van der Waals surface area contributed by atoms with E-state index < -0.39 is 11.9 Å². The third-order valence-electron chi connectivity index (χ3n) is 5.04. The van der Waals surface area contributed by atoms with Gasteiger partial charge in [0.05, 0.1) is 27.8 Å². The molecule has 0 spiro atoms. The number of aryl methyl sites for hydroxylation is 1. The Morgan fingerprint density at radius 3 is 2.59 bits per heavy atom. The maximum Gasteiger partial charge on any atom is 0.274 e. The van der Waals surface area contributed by atoms with Gasteiger partial charge in [0.1, 0.15) is 0 Å². The van der Waals surface area contributed by atoms with Crippen molar-refractivity contribution in [1.29, 1.82) is 0 Å². The standard InChI is InChI=1S/C23H19BrClN5O2/c1-12-11-27-19(21(26)28-12)22(31)29-13(2)20-18(24)15-9-6-10-16(25)17(15)23(32)30(20)14-7-4-3-5-8-14/h3-11,13H,1-2H3,(H2,26,28)(H,29,31)/t13-/m0/s1. The number of nitrogens with two attached hydrogens (primary N) is 1. The van der Waals surface area contributed by atoms with E-state index in [2.05, 4.69) is 31.2 Å². The number of nitrogens with one attached hydrogen (secondary N) is 1. The number of halogens is 2. The highest BCUT2D eigenvalue weighted by atomic mass is 79.9. The number of carbonyl (C=O) groups is 1. The molecule has 7 nitrogen and oxygen atoms in total. The van der Waals surface area contributed by atoms with Gasteiger partial charge in [-0.15, -0.1) is 0 Å². The Bertz CT molecular complexity index is 1410. The molecule has 4 aromatic rings. The quantitative estimate of drug-likeness (QED) is 0.417. The van der Waals surface area contributed by atoms with Gasteiger partial charge in [0.15, 0.2) is 11.5 Å². The second-order valence-corrected chi connectivity index (χ2v) is 8.48. The van der Waals surface area contributed by atoms with Gasteiger partial charge in [0, 0.05) is 21.7 Å². The predicted octanol–water partition coefficient (Wildman–Crippen LogP) is 4.58. The lowest BCUT2D eigenvalue weighted by atomic mass is 10.1. The molecule has 3 N–H and O–H groups in total. The zero-order chi connectivity index (χ0) is 23.0. The normalized spacial score (nSPS) is 12.0. The van der Waals surface area contributed by atoms with Gasteiger partial charge in [-0.25, -0.2) is 9.97 Å². The van der Waals surface area contributed by atoms with Crippen LogP contribution in [-0.2, 0) is 0 Å². The summed E-state index contributed by atoms with van der Waals surface area (Å²) in [5.41, 5.74) is 7.44. The van der Waals surface area contributed by atoms with Gasteiger partial charge < -0.3 is 11.1 Å². The Labute approximate surface area is 197 Å². The van der Waals surface area contributed by atoms with Crippen LogP contribution in [0.1, 0.15) is 34.8 Å². The summed E-state index contributed by atoms with van der Waals surface area (Å²) in [7, 11) is 0. The summed E-state index contributed by atoms with van der Waals surface area (Å²) in [5, 5.41) is 4.28. The molecule has 0 aliphatic rings. The van der Waals surface area contributed by atoms with E-state index in [4.69, 9.17) is 17.3 Å². The van der Waals surface area contributed by atoms with Crippen LogP contribution in [0.5, 0.6) is 0 Å². The van der Waals surface area contributed by atoms with Crippen LogP contribution in [0.15, 0.2) is 64.0 Å². The molecule has 0 bridgehead atoms. The van der Waals surface area contributed by atoms with Crippen LogP contribution >= 0.6 is 27.5 Å². The Kier molecular flexibility index (Phi) is 5.99. The number of nitrogens with zero attached hydrogens (tertiary/aromatic N) is 3. The largest absolute Gasteiger partial charge is 0.382 e. The topological polar surface area (TPSA) is 103 Å². The summed E-state index contributed by atoms with van der Waals surface area (Å²) >= 11 is 10.0. The Balaban J connectivity index is 1.90. The van der Waals surface area contributed by atoms with Crippen molar-refractivity contribution in [3.8, 4) is 5.69 Å². The highest BCUT2D eigenvalue weighted by Gasteiger charge is 2.24. The van der Waals surface area contributed by atoms with Gasteiger partial charge in [0.25, 0.3) is 11.5 Å². The highest BCUT2D eigenvalue weighted by molar-refractivity contribution is 9.10. The van der Waals surface area contributed by atoms with E-state index in [1.165, 1.54) is 6.20 Å². The molecule has 1 atom stereocenters. The number of hydrogen-bond acceptors (Lipinski definition) is 5. The number of carbonyl (C=O) groups excluding carboxylic acids is 1. The number of anilines is 1. The summed E-state index contributed by atoms with van der Waals surface area (Å²) in [6.07, 6.45) is 1.48. The number of aromatic nitrogens is 3. The molecule has 2 heterocycles. The van der Waals surface area contributed by atoms with E-state index in [0.717, 1.165) is 0 Å². The van der Waals surface area contributed by atoms with Crippen molar-refractivity contribution in [1.82, 2.24) is 19.9 Å². The van der Waals surface area contributed by atoms with Crippen LogP contribution in [0.2, 0.25) is 5.02 Å². The van der Waals surface area contributed by atoms with E-state index in [1.54, 1.807) is 30.5 Å². The van der Waals surface area contributed by atoms with E-state index in [0.29, 0.717) is 37.3 Å². The monoisotopic (exact) mass is 511 g/mol. The number of pyridine rings is 1. The first-order chi connectivity index (χ1) is 15.3. The van der Waals surface area contributed by atoms with Crippen LogP contribution in [-0.4, -0.2) is 20.4 Å².